The molecule has 1 spiro atoms. The van der Waals surface area contributed by atoms with Crippen molar-refractivity contribution in [3.8, 4) is 17.2 Å². The molecule has 0 saturated heterocycles. The van der Waals surface area contributed by atoms with Gasteiger partial charge in [-0.1, -0.05) is 6.42 Å². The number of aliphatic imine (C=N–C) groups is 1. The number of hydrogen-bond donors (Lipinski definition) is 2. The standard InChI is InChI=1S/C22H35N3O4/c1-6-29-20-14-19(22(20)9-7-10-22)25-21(23-2)24-11-8-16-17(27-4)12-15(26-3)13-18(16)28-5/h12-13,19-20H,6-11,14H2,1-5H3,(H2,23,24,25). The highest BCUT2D eigenvalue weighted by molar-refractivity contribution is 5.80. The maximum atomic E-state index is 5.95. The Hall–Kier alpha value is -2.15. The molecule has 2 saturated carbocycles. The first-order chi connectivity index (χ1) is 14.1. The van der Waals surface area contributed by atoms with Crippen molar-refractivity contribution in [3.63, 3.8) is 0 Å². The molecule has 7 heteroatoms. The third-order valence-corrected chi connectivity index (χ3v) is 6.46. The number of nitrogens with one attached hydrogen (secondary N) is 2. The number of benzene rings is 1. The Bertz CT molecular complexity index is 693. The predicted molar refractivity (Wildman–Crippen MR) is 114 cm³/mol. The molecule has 2 aliphatic rings. The zero-order valence-corrected chi connectivity index (χ0v) is 18.3. The molecule has 0 heterocycles. The van der Waals surface area contributed by atoms with Crippen LogP contribution in [-0.2, 0) is 11.2 Å². The molecule has 7 nitrogen and oxygen atoms in total. The van der Waals surface area contributed by atoms with Crippen LogP contribution >= 0.6 is 0 Å². The fourth-order valence-corrected chi connectivity index (χ4v) is 4.63. The van der Waals surface area contributed by atoms with Crippen LogP contribution in [0.3, 0.4) is 0 Å². The Morgan fingerprint density at radius 3 is 2.31 bits per heavy atom. The zero-order valence-electron chi connectivity index (χ0n) is 18.3. The van der Waals surface area contributed by atoms with Crippen molar-refractivity contribution in [2.75, 3.05) is 41.5 Å². The van der Waals surface area contributed by atoms with Gasteiger partial charge in [0.25, 0.3) is 0 Å². The van der Waals surface area contributed by atoms with Crippen molar-refractivity contribution in [2.24, 2.45) is 10.4 Å². The van der Waals surface area contributed by atoms with Gasteiger partial charge in [-0.2, -0.15) is 0 Å². The molecule has 2 unspecified atom stereocenters. The van der Waals surface area contributed by atoms with Crippen molar-refractivity contribution in [3.05, 3.63) is 17.7 Å². The van der Waals surface area contributed by atoms with Crippen LogP contribution < -0.4 is 24.8 Å². The molecule has 2 fully saturated rings. The van der Waals surface area contributed by atoms with E-state index in [1.165, 1.54) is 19.3 Å². The van der Waals surface area contributed by atoms with E-state index in [1.54, 1.807) is 21.3 Å². The van der Waals surface area contributed by atoms with Crippen LogP contribution in [0.1, 0.15) is 38.2 Å². The number of methoxy groups -OCH3 is 3. The molecule has 0 amide bonds. The van der Waals surface area contributed by atoms with Crippen molar-refractivity contribution in [1.82, 2.24) is 10.6 Å². The SMILES string of the molecule is CCOC1CC(NC(=NC)NCCc2c(OC)cc(OC)cc2OC)C12CCC2. The van der Waals surface area contributed by atoms with Gasteiger partial charge in [-0.25, -0.2) is 0 Å². The largest absolute Gasteiger partial charge is 0.496 e. The summed E-state index contributed by atoms with van der Waals surface area (Å²) in [5.74, 6) is 3.08. The molecule has 1 aromatic rings. The first-order valence-electron chi connectivity index (χ1n) is 10.5. The summed E-state index contributed by atoms with van der Waals surface area (Å²) in [5.41, 5.74) is 1.31. The highest BCUT2D eigenvalue weighted by atomic mass is 16.5. The van der Waals surface area contributed by atoms with Gasteiger partial charge in [-0.3, -0.25) is 4.99 Å². The van der Waals surface area contributed by atoms with E-state index in [9.17, 15) is 0 Å². The second-order valence-corrected chi connectivity index (χ2v) is 7.72. The summed E-state index contributed by atoms with van der Waals surface area (Å²) in [6.07, 6.45) is 5.97. The normalized spacial score (nSPS) is 22.4. The maximum Gasteiger partial charge on any atom is 0.191 e. The quantitative estimate of drug-likeness (QED) is 0.486. The predicted octanol–water partition coefficient (Wildman–Crippen LogP) is 2.77. The van der Waals surface area contributed by atoms with Crippen LogP contribution in [0.15, 0.2) is 17.1 Å². The Morgan fingerprint density at radius 2 is 1.83 bits per heavy atom. The highest BCUT2D eigenvalue weighted by Gasteiger charge is 2.59. The monoisotopic (exact) mass is 405 g/mol. The van der Waals surface area contributed by atoms with Gasteiger partial charge in [0.2, 0.25) is 0 Å². The van der Waals surface area contributed by atoms with Gasteiger partial charge in [0.15, 0.2) is 5.96 Å². The molecule has 1 aromatic carbocycles. The summed E-state index contributed by atoms with van der Waals surface area (Å²) in [6, 6.07) is 4.20. The zero-order chi connectivity index (χ0) is 20.9. The molecule has 2 aliphatic carbocycles. The van der Waals surface area contributed by atoms with Crippen LogP contribution in [0.25, 0.3) is 0 Å². The summed E-state index contributed by atoms with van der Waals surface area (Å²) in [5, 5.41) is 7.06. The minimum atomic E-state index is 0.302. The Labute approximate surface area is 174 Å². The van der Waals surface area contributed by atoms with E-state index in [0.29, 0.717) is 29.9 Å². The highest BCUT2D eigenvalue weighted by Crippen LogP contribution is 2.57. The first kappa shape index (κ1) is 21.6. The number of rotatable bonds is 9. The van der Waals surface area contributed by atoms with Crippen LogP contribution in [0.2, 0.25) is 0 Å². The van der Waals surface area contributed by atoms with E-state index in [4.69, 9.17) is 18.9 Å². The second-order valence-electron chi connectivity index (χ2n) is 7.72. The average Bonchev–Trinajstić information content (AvgIpc) is 2.69. The molecule has 162 valence electrons. The van der Waals surface area contributed by atoms with Gasteiger partial charge in [0, 0.05) is 49.4 Å². The summed E-state index contributed by atoms with van der Waals surface area (Å²) >= 11 is 0. The lowest BCUT2D eigenvalue weighted by Crippen LogP contribution is -2.68. The molecule has 0 aromatic heterocycles. The van der Waals surface area contributed by atoms with Crippen LogP contribution in [-0.4, -0.2) is 59.6 Å². The lowest BCUT2D eigenvalue weighted by molar-refractivity contribution is -0.168. The number of guanidine groups is 1. The first-order valence-corrected chi connectivity index (χ1v) is 10.5. The van der Waals surface area contributed by atoms with Gasteiger partial charge in [0.05, 0.1) is 27.4 Å². The number of nitrogens with zero attached hydrogens (tertiary/aromatic N) is 1. The summed E-state index contributed by atoms with van der Waals surface area (Å²) in [7, 11) is 6.77. The minimum absolute atomic E-state index is 0.302. The van der Waals surface area contributed by atoms with E-state index in [1.807, 2.05) is 19.2 Å². The van der Waals surface area contributed by atoms with E-state index in [2.05, 4.69) is 22.5 Å². The lowest BCUT2D eigenvalue weighted by atomic mass is 9.51. The van der Waals surface area contributed by atoms with E-state index >= 15 is 0 Å². The fraction of sp³-hybridized carbons (Fsp3) is 0.682. The molecule has 2 atom stereocenters. The van der Waals surface area contributed by atoms with Gasteiger partial charge in [-0.15, -0.1) is 0 Å². The van der Waals surface area contributed by atoms with Crippen molar-refractivity contribution in [1.29, 1.82) is 0 Å². The van der Waals surface area contributed by atoms with Gasteiger partial charge < -0.3 is 29.6 Å². The molecule has 3 rings (SSSR count). The van der Waals surface area contributed by atoms with Crippen molar-refractivity contribution < 1.29 is 18.9 Å². The van der Waals surface area contributed by atoms with E-state index in [-0.39, 0.29) is 0 Å². The molecule has 2 N–H and O–H groups in total. The van der Waals surface area contributed by atoms with Crippen LogP contribution in [0.4, 0.5) is 0 Å². The van der Waals surface area contributed by atoms with Crippen LogP contribution in [0, 0.1) is 5.41 Å². The van der Waals surface area contributed by atoms with Gasteiger partial charge in [0.1, 0.15) is 17.2 Å². The topological polar surface area (TPSA) is 73.3 Å². The Morgan fingerprint density at radius 1 is 1.14 bits per heavy atom. The lowest BCUT2D eigenvalue weighted by Gasteiger charge is -2.61. The summed E-state index contributed by atoms with van der Waals surface area (Å²) in [4.78, 5) is 4.42. The third-order valence-electron chi connectivity index (χ3n) is 6.46. The van der Waals surface area contributed by atoms with Crippen molar-refractivity contribution >= 4 is 5.96 Å². The Balaban J connectivity index is 1.57. The second kappa shape index (κ2) is 9.57. The molecule has 0 aliphatic heterocycles. The molecule has 29 heavy (non-hydrogen) atoms. The molecule has 0 bridgehead atoms. The van der Waals surface area contributed by atoms with E-state index < -0.39 is 0 Å². The van der Waals surface area contributed by atoms with Crippen LogP contribution in [0.5, 0.6) is 17.2 Å². The van der Waals surface area contributed by atoms with Gasteiger partial charge >= 0.3 is 0 Å². The minimum Gasteiger partial charge on any atom is -0.496 e. The summed E-state index contributed by atoms with van der Waals surface area (Å²) < 4.78 is 22.4. The van der Waals surface area contributed by atoms with Crippen molar-refractivity contribution in [2.45, 2.75) is 51.2 Å². The molecular formula is C22H35N3O4. The summed E-state index contributed by atoms with van der Waals surface area (Å²) in [6.45, 7) is 3.58. The maximum absolute atomic E-state index is 5.95. The van der Waals surface area contributed by atoms with E-state index in [0.717, 1.165) is 42.5 Å². The average molecular weight is 406 g/mol. The third kappa shape index (κ3) is 4.25. The smallest absolute Gasteiger partial charge is 0.191 e. The molecule has 0 radical (unpaired) electrons. The number of hydrogen-bond acceptors (Lipinski definition) is 5. The Kier molecular flexibility index (Phi) is 7.11. The molecular weight excluding hydrogens is 370 g/mol. The van der Waals surface area contributed by atoms with Gasteiger partial charge in [-0.05, 0) is 32.6 Å². The fourth-order valence-electron chi connectivity index (χ4n) is 4.63. The number of ether oxygens (including phenoxy) is 4.